The number of aryl methyl sites for hydroxylation is 1. The van der Waals surface area contributed by atoms with Crippen LogP contribution in [-0.2, 0) is 0 Å². The van der Waals surface area contributed by atoms with E-state index in [0.717, 1.165) is 22.6 Å². The van der Waals surface area contributed by atoms with Gasteiger partial charge in [-0.15, -0.1) is 0 Å². The first kappa shape index (κ1) is 34.8. The first-order valence-electron chi connectivity index (χ1n) is 18.2. The van der Waals surface area contributed by atoms with Gasteiger partial charge in [0.25, 0.3) is 0 Å². The second-order valence-corrected chi connectivity index (χ2v) is 13.1. The molecule has 0 bridgehead atoms. The summed E-state index contributed by atoms with van der Waals surface area (Å²) in [6, 6.07) is 57.8. The number of nitrogens with zero attached hydrogens (tertiary/aromatic N) is 2. The summed E-state index contributed by atoms with van der Waals surface area (Å²) in [6.07, 6.45) is 17.4. The highest BCUT2D eigenvalue weighted by Crippen LogP contribution is 2.32. The highest BCUT2D eigenvalue weighted by Gasteiger charge is 2.13. The SMILES string of the molecule is C\C=C/C(=C\C=C\N(c1ccccc1)c1cccc(/C(C)=C/C=C\c2c(C)c3ccccc3n2-c2ccccc2)c1)c1cccc(-c2ccccc2)c1. The molecule has 0 aliphatic heterocycles. The van der Waals surface area contributed by atoms with Crippen LogP contribution in [0.4, 0.5) is 11.4 Å². The summed E-state index contributed by atoms with van der Waals surface area (Å²) in [7, 11) is 0. The summed E-state index contributed by atoms with van der Waals surface area (Å²) in [5.74, 6) is 0. The smallest absolute Gasteiger partial charge is 0.0537 e. The summed E-state index contributed by atoms with van der Waals surface area (Å²) in [5, 5.41) is 1.27. The van der Waals surface area contributed by atoms with Gasteiger partial charge in [0.1, 0.15) is 0 Å². The zero-order valence-corrected chi connectivity index (χ0v) is 30.6. The minimum atomic E-state index is 1.09. The normalized spacial score (nSPS) is 12.4. The molecule has 2 heteroatoms. The molecule has 0 spiro atoms. The van der Waals surface area contributed by atoms with Crippen molar-refractivity contribution in [2.24, 2.45) is 0 Å². The fourth-order valence-corrected chi connectivity index (χ4v) is 6.84. The van der Waals surface area contributed by atoms with Crippen molar-refractivity contribution in [3.8, 4) is 16.8 Å². The van der Waals surface area contributed by atoms with Gasteiger partial charge in [-0.05, 0) is 120 Å². The molecule has 258 valence electrons. The molecule has 0 saturated carbocycles. The van der Waals surface area contributed by atoms with Gasteiger partial charge in [0, 0.05) is 34.3 Å². The third kappa shape index (κ3) is 7.98. The number of allylic oxidation sites excluding steroid dienone is 8. The van der Waals surface area contributed by atoms with Crippen LogP contribution in [0.25, 0.3) is 44.9 Å². The summed E-state index contributed by atoms with van der Waals surface area (Å²) in [4.78, 5) is 2.25. The lowest BCUT2D eigenvalue weighted by Gasteiger charge is -2.21. The largest absolute Gasteiger partial charge is 0.317 e. The lowest BCUT2D eigenvalue weighted by molar-refractivity contribution is 1.10. The average molecular weight is 685 g/mol. The molecule has 53 heavy (non-hydrogen) atoms. The molecule has 0 unspecified atom stereocenters. The van der Waals surface area contributed by atoms with Crippen molar-refractivity contribution < 1.29 is 0 Å². The van der Waals surface area contributed by atoms with E-state index in [9.17, 15) is 0 Å². The Balaban J connectivity index is 1.19. The highest BCUT2D eigenvalue weighted by molar-refractivity contribution is 5.90. The standard InChI is InChI=1S/C51H44N2/c1-4-20-41(44-25-17-26-45(37-44)42-22-8-5-9-23-42)27-19-36-52(46-28-10-6-11-29-46)48-32-18-24-43(38-48)39(2)21-16-35-50-40(3)49-33-14-15-34-51(49)53(50)47-30-12-7-13-31-47/h4-38H,1-3H3/b20-4-,35-16-,36-19+,39-21+,41-27+. The van der Waals surface area contributed by atoms with Gasteiger partial charge in [0.15, 0.2) is 0 Å². The maximum atomic E-state index is 2.35. The molecule has 1 heterocycles. The topological polar surface area (TPSA) is 8.17 Å². The lowest BCUT2D eigenvalue weighted by atomic mass is 9.98. The van der Waals surface area contributed by atoms with Gasteiger partial charge >= 0.3 is 0 Å². The van der Waals surface area contributed by atoms with Crippen LogP contribution in [0.3, 0.4) is 0 Å². The zero-order chi connectivity index (χ0) is 36.4. The van der Waals surface area contributed by atoms with Gasteiger partial charge in [-0.2, -0.15) is 0 Å². The molecular formula is C51H44N2. The Hall–Kier alpha value is -6.64. The van der Waals surface area contributed by atoms with Crippen molar-refractivity contribution in [1.29, 1.82) is 0 Å². The van der Waals surface area contributed by atoms with Crippen LogP contribution in [0.2, 0.25) is 0 Å². The van der Waals surface area contributed by atoms with E-state index in [1.165, 1.54) is 50.0 Å². The molecule has 0 aliphatic rings. The summed E-state index contributed by atoms with van der Waals surface area (Å²) in [5.41, 5.74) is 14.1. The van der Waals surface area contributed by atoms with Gasteiger partial charge in [-0.25, -0.2) is 0 Å². The van der Waals surface area contributed by atoms with Gasteiger partial charge < -0.3 is 9.47 Å². The van der Waals surface area contributed by atoms with Gasteiger partial charge in [0.2, 0.25) is 0 Å². The van der Waals surface area contributed by atoms with Crippen LogP contribution in [0.15, 0.2) is 206 Å². The quantitative estimate of drug-likeness (QED) is 0.123. The molecule has 0 fully saturated rings. The fraction of sp³-hybridized carbons (Fsp3) is 0.0588. The van der Waals surface area contributed by atoms with Crippen LogP contribution in [-0.4, -0.2) is 4.57 Å². The molecule has 7 aromatic rings. The predicted octanol–water partition coefficient (Wildman–Crippen LogP) is 14.0. The lowest BCUT2D eigenvalue weighted by Crippen LogP contribution is -2.08. The molecule has 0 N–H and O–H groups in total. The monoisotopic (exact) mass is 684 g/mol. The molecule has 0 saturated heterocycles. The minimum absolute atomic E-state index is 1.09. The van der Waals surface area contributed by atoms with E-state index in [0.29, 0.717) is 0 Å². The molecular weight excluding hydrogens is 641 g/mol. The van der Waals surface area contributed by atoms with Crippen LogP contribution < -0.4 is 4.90 Å². The summed E-state index contributed by atoms with van der Waals surface area (Å²) in [6.45, 7) is 6.46. The molecule has 0 atom stereocenters. The van der Waals surface area contributed by atoms with E-state index in [4.69, 9.17) is 0 Å². The third-order valence-corrected chi connectivity index (χ3v) is 9.56. The van der Waals surface area contributed by atoms with Crippen LogP contribution in [0, 0.1) is 6.92 Å². The Morgan fingerprint density at radius 2 is 1.23 bits per heavy atom. The average Bonchev–Trinajstić information content (AvgIpc) is 3.50. The van der Waals surface area contributed by atoms with Crippen LogP contribution in [0.5, 0.6) is 0 Å². The van der Waals surface area contributed by atoms with Gasteiger partial charge in [0.05, 0.1) is 5.52 Å². The number of hydrogen-bond acceptors (Lipinski definition) is 1. The molecule has 0 amide bonds. The van der Waals surface area contributed by atoms with E-state index < -0.39 is 0 Å². The number of benzene rings is 6. The number of aromatic nitrogens is 1. The van der Waals surface area contributed by atoms with E-state index in [1.54, 1.807) is 0 Å². The molecule has 0 radical (unpaired) electrons. The highest BCUT2D eigenvalue weighted by atomic mass is 15.1. The molecule has 1 aromatic heterocycles. The number of rotatable bonds is 11. The van der Waals surface area contributed by atoms with Crippen molar-refractivity contribution in [3.05, 3.63) is 229 Å². The third-order valence-electron chi connectivity index (χ3n) is 9.56. The minimum Gasteiger partial charge on any atom is -0.317 e. The maximum absolute atomic E-state index is 2.35. The van der Waals surface area contributed by atoms with Crippen molar-refractivity contribution >= 4 is 39.5 Å². The zero-order valence-electron chi connectivity index (χ0n) is 30.6. The second kappa shape index (κ2) is 16.6. The van der Waals surface area contributed by atoms with Crippen molar-refractivity contribution in [3.63, 3.8) is 0 Å². The van der Waals surface area contributed by atoms with Crippen LogP contribution >= 0.6 is 0 Å². The first-order valence-corrected chi connectivity index (χ1v) is 18.2. The molecule has 7 rings (SSSR count). The number of fused-ring (bicyclic) bond motifs is 1. The number of hydrogen-bond donors (Lipinski definition) is 0. The Bertz CT molecular complexity index is 2460. The van der Waals surface area contributed by atoms with Crippen molar-refractivity contribution in [1.82, 2.24) is 4.57 Å². The second-order valence-electron chi connectivity index (χ2n) is 13.1. The number of anilines is 2. The van der Waals surface area contributed by atoms with Crippen molar-refractivity contribution in [2.75, 3.05) is 4.90 Å². The van der Waals surface area contributed by atoms with Crippen molar-refractivity contribution in [2.45, 2.75) is 20.8 Å². The molecule has 2 nitrogen and oxygen atoms in total. The first-order chi connectivity index (χ1) is 26.1. The van der Waals surface area contributed by atoms with E-state index in [2.05, 4.69) is 243 Å². The Morgan fingerprint density at radius 1 is 0.585 bits per heavy atom. The number of para-hydroxylation sites is 3. The summed E-state index contributed by atoms with van der Waals surface area (Å²) < 4.78 is 2.35. The van der Waals surface area contributed by atoms with Gasteiger partial charge in [-0.3, -0.25) is 0 Å². The van der Waals surface area contributed by atoms with E-state index in [1.807, 2.05) is 0 Å². The predicted molar refractivity (Wildman–Crippen MR) is 230 cm³/mol. The Morgan fingerprint density at radius 3 is 2.00 bits per heavy atom. The molecule has 6 aromatic carbocycles. The van der Waals surface area contributed by atoms with Gasteiger partial charge in [-0.1, -0.05) is 146 Å². The van der Waals surface area contributed by atoms with E-state index >= 15 is 0 Å². The fourth-order valence-electron chi connectivity index (χ4n) is 6.84. The molecule has 0 aliphatic carbocycles. The Kier molecular flexibility index (Phi) is 10.9. The van der Waals surface area contributed by atoms with Crippen LogP contribution in [0.1, 0.15) is 36.2 Å². The van der Waals surface area contributed by atoms with E-state index in [-0.39, 0.29) is 0 Å². The Labute approximate surface area is 314 Å². The maximum Gasteiger partial charge on any atom is 0.0537 e. The summed E-state index contributed by atoms with van der Waals surface area (Å²) >= 11 is 0.